The van der Waals surface area contributed by atoms with Crippen molar-refractivity contribution in [3.63, 3.8) is 0 Å². The lowest BCUT2D eigenvalue weighted by Crippen LogP contribution is -2.57. The van der Waals surface area contributed by atoms with Gasteiger partial charge in [-0.1, -0.05) is 23.7 Å². The monoisotopic (exact) mass is 281 g/mol. The first kappa shape index (κ1) is 14.8. The van der Waals surface area contributed by atoms with E-state index in [9.17, 15) is 0 Å². The first-order valence-corrected chi connectivity index (χ1v) is 7.21. The topological polar surface area (TPSA) is 32.5 Å². The van der Waals surface area contributed by atoms with Gasteiger partial charge in [0.1, 0.15) is 0 Å². The van der Waals surface area contributed by atoms with Crippen LogP contribution in [0.5, 0.6) is 0 Å². The SMILES string of the molecule is CN1CCN(Cc2ccc(CN)cc2Cl)CC1(C)C. The fourth-order valence-electron chi connectivity index (χ4n) is 2.56. The Morgan fingerprint density at radius 3 is 2.63 bits per heavy atom. The van der Waals surface area contributed by atoms with Crippen LogP contribution in [0.25, 0.3) is 0 Å². The van der Waals surface area contributed by atoms with Crippen molar-refractivity contribution in [1.29, 1.82) is 0 Å². The molecule has 1 aromatic rings. The molecule has 1 saturated heterocycles. The Kier molecular flexibility index (Phi) is 4.51. The van der Waals surface area contributed by atoms with E-state index >= 15 is 0 Å². The van der Waals surface area contributed by atoms with E-state index in [4.69, 9.17) is 17.3 Å². The molecule has 1 aliphatic heterocycles. The first-order chi connectivity index (χ1) is 8.92. The summed E-state index contributed by atoms with van der Waals surface area (Å²) in [4.78, 5) is 4.89. The summed E-state index contributed by atoms with van der Waals surface area (Å²) in [5.41, 5.74) is 8.14. The zero-order valence-electron chi connectivity index (χ0n) is 12.1. The van der Waals surface area contributed by atoms with Crippen LogP contribution in [0.15, 0.2) is 18.2 Å². The highest BCUT2D eigenvalue weighted by atomic mass is 35.5. The minimum absolute atomic E-state index is 0.224. The van der Waals surface area contributed by atoms with Crippen LogP contribution in [0.2, 0.25) is 5.02 Å². The zero-order chi connectivity index (χ0) is 14.0. The molecule has 0 aliphatic carbocycles. The number of benzene rings is 1. The summed E-state index contributed by atoms with van der Waals surface area (Å²) in [6.45, 7) is 9.30. The van der Waals surface area contributed by atoms with E-state index in [1.807, 2.05) is 6.07 Å². The van der Waals surface area contributed by atoms with E-state index in [-0.39, 0.29) is 5.54 Å². The second kappa shape index (κ2) is 5.80. The predicted octanol–water partition coefficient (Wildman–Crippen LogP) is 2.32. The largest absolute Gasteiger partial charge is 0.326 e. The molecule has 0 saturated carbocycles. The lowest BCUT2D eigenvalue weighted by molar-refractivity contribution is 0.0360. The summed E-state index contributed by atoms with van der Waals surface area (Å²) in [6, 6.07) is 6.16. The first-order valence-electron chi connectivity index (χ1n) is 6.83. The van der Waals surface area contributed by atoms with E-state index in [2.05, 4.69) is 42.8 Å². The summed E-state index contributed by atoms with van der Waals surface area (Å²) in [6.07, 6.45) is 0. The number of nitrogens with zero attached hydrogens (tertiary/aromatic N) is 2. The van der Waals surface area contributed by atoms with Gasteiger partial charge in [0, 0.05) is 43.3 Å². The second-order valence-electron chi connectivity index (χ2n) is 6.07. The summed E-state index contributed by atoms with van der Waals surface area (Å²) in [5.74, 6) is 0. The molecule has 0 atom stereocenters. The average molecular weight is 282 g/mol. The van der Waals surface area contributed by atoms with E-state index in [1.54, 1.807) is 0 Å². The van der Waals surface area contributed by atoms with Gasteiger partial charge in [-0.05, 0) is 38.1 Å². The fraction of sp³-hybridized carbons (Fsp3) is 0.600. The molecule has 0 bridgehead atoms. The Morgan fingerprint density at radius 2 is 2.05 bits per heavy atom. The summed E-state index contributed by atoms with van der Waals surface area (Å²) in [5, 5.41) is 0.833. The van der Waals surface area contributed by atoms with Crippen molar-refractivity contribution in [3.05, 3.63) is 34.3 Å². The van der Waals surface area contributed by atoms with Gasteiger partial charge in [0.2, 0.25) is 0 Å². The summed E-state index contributed by atoms with van der Waals surface area (Å²) < 4.78 is 0. The van der Waals surface area contributed by atoms with Crippen molar-refractivity contribution >= 4 is 11.6 Å². The number of likely N-dealkylation sites (N-methyl/N-ethyl adjacent to an activating group) is 1. The van der Waals surface area contributed by atoms with Crippen LogP contribution in [0, 0.1) is 0 Å². The molecule has 106 valence electrons. The minimum atomic E-state index is 0.224. The Morgan fingerprint density at radius 1 is 1.32 bits per heavy atom. The van der Waals surface area contributed by atoms with Gasteiger partial charge in [0.05, 0.1) is 0 Å². The summed E-state index contributed by atoms with van der Waals surface area (Å²) >= 11 is 6.33. The maximum atomic E-state index is 6.33. The molecule has 19 heavy (non-hydrogen) atoms. The van der Waals surface area contributed by atoms with E-state index < -0.39 is 0 Å². The maximum absolute atomic E-state index is 6.33. The van der Waals surface area contributed by atoms with Crippen LogP contribution >= 0.6 is 11.6 Å². The maximum Gasteiger partial charge on any atom is 0.0454 e. The fourth-order valence-corrected chi connectivity index (χ4v) is 2.83. The zero-order valence-corrected chi connectivity index (χ0v) is 12.9. The van der Waals surface area contributed by atoms with Crippen LogP contribution in [-0.4, -0.2) is 42.0 Å². The van der Waals surface area contributed by atoms with Gasteiger partial charge in [0.25, 0.3) is 0 Å². The number of hydrogen-bond acceptors (Lipinski definition) is 3. The lowest BCUT2D eigenvalue weighted by atomic mass is 9.99. The molecule has 1 heterocycles. The molecule has 0 unspecified atom stereocenters. The molecule has 2 N–H and O–H groups in total. The van der Waals surface area contributed by atoms with Crippen molar-refractivity contribution in [2.45, 2.75) is 32.5 Å². The van der Waals surface area contributed by atoms with Crippen LogP contribution in [-0.2, 0) is 13.1 Å². The van der Waals surface area contributed by atoms with Gasteiger partial charge in [-0.2, -0.15) is 0 Å². The van der Waals surface area contributed by atoms with Crippen molar-refractivity contribution in [3.8, 4) is 0 Å². The molecule has 3 nitrogen and oxygen atoms in total. The Balaban J connectivity index is 2.06. The molecule has 2 rings (SSSR count). The van der Waals surface area contributed by atoms with Crippen molar-refractivity contribution in [2.75, 3.05) is 26.7 Å². The van der Waals surface area contributed by atoms with Gasteiger partial charge in [-0.25, -0.2) is 0 Å². The number of halogens is 1. The molecule has 0 amide bonds. The second-order valence-corrected chi connectivity index (χ2v) is 6.48. The van der Waals surface area contributed by atoms with E-state index in [0.717, 1.165) is 36.8 Å². The van der Waals surface area contributed by atoms with Crippen LogP contribution < -0.4 is 5.73 Å². The molecule has 0 spiro atoms. The lowest BCUT2D eigenvalue weighted by Gasteiger charge is -2.45. The van der Waals surface area contributed by atoms with E-state index in [0.29, 0.717) is 6.54 Å². The van der Waals surface area contributed by atoms with Gasteiger partial charge < -0.3 is 5.73 Å². The third-order valence-electron chi connectivity index (χ3n) is 4.14. The normalized spacial score (nSPS) is 20.7. The molecule has 0 radical (unpaired) electrons. The third kappa shape index (κ3) is 3.48. The van der Waals surface area contributed by atoms with Crippen LogP contribution in [0.3, 0.4) is 0 Å². The smallest absolute Gasteiger partial charge is 0.0454 e. The highest BCUT2D eigenvalue weighted by molar-refractivity contribution is 6.31. The number of nitrogens with two attached hydrogens (primary N) is 1. The molecule has 4 heteroatoms. The summed E-state index contributed by atoms with van der Waals surface area (Å²) in [7, 11) is 2.19. The molecular weight excluding hydrogens is 258 g/mol. The quantitative estimate of drug-likeness (QED) is 0.923. The molecule has 1 aromatic carbocycles. The van der Waals surface area contributed by atoms with Crippen molar-refractivity contribution in [2.24, 2.45) is 5.73 Å². The highest BCUT2D eigenvalue weighted by Gasteiger charge is 2.30. The van der Waals surface area contributed by atoms with Gasteiger partial charge in [-0.3, -0.25) is 9.80 Å². The molecule has 1 aliphatic rings. The Bertz CT molecular complexity index is 445. The number of rotatable bonds is 3. The van der Waals surface area contributed by atoms with Gasteiger partial charge in [0.15, 0.2) is 0 Å². The third-order valence-corrected chi connectivity index (χ3v) is 4.49. The number of hydrogen-bond donors (Lipinski definition) is 1. The van der Waals surface area contributed by atoms with Crippen molar-refractivity contribution < 1.29 is 0 Å². The van der Waals surface area contributed by atoms with E-state index in [1.165, 1.54) is 5.56 Å². The van der Waals surface area contributed by atoms with Gasteiger partial charge in [-0.15, -0.1) is 0 Å². The molecular formula is C15H24ClN3. The van der Waals surface area contributed by atoms with Crippen LogP contribution in [0.1, 0.15) is 25.0 Å². The Hall–Kier alpha value is -0.610. The Labute approximate surface area is 121 Å². The highest BCUT2D eigenvalue weighted by Crippen LogP contribution is 2.24. The standard InChI is InChI=1S/C15H24ClN3/c1-15(2)11-19(7-6-18(15)3)10-13-5-4-12(9-17)8-14(13)16/h4-5,8H,6-7,9-11,17H2,1-3H3. The number of piperazine rings is 1. The predicted molar refractivity (Wildman–Crippen MR) is 81.3 cm³/mol. The minimum Gasteiger partial charge on any atom is -0.326 e. The molecule has 1 fully saturated rings. The van der Waals surface area contributed by atoms with Crippen molar-refractivity contribution in [1.82, 2.24) is 9.80 Å². The molecule has 0 aromatic heterocycles. The van der Waals surface area contributed by atoms with Crippen LogP contribution in [0.4, 0.5) is 0 Å². The van der Waals surface area contributed by atoms with Gasteiger partial charge >= 0.3 is 0 Å². The average Bonchev–Trinajstić information content (AvgIpc) is 2.36.